The Kier molecular flexibility index (Phi) is 4.38. The summed E-state index contributed by atoms with van der Waals surface area (Å²) in [7, 11) is 0. The molecule has 1 saturated heterocycles. The van der Waals surface area contributed by atoms with Crippen LogP contribution < -0.4 is 5.32 Å². The number of carboxylic acid groups (broad SMARTS) is 1. The minimum Gasteiger partial charge on any atom is -0.465 e. The first-order chi connectivity index (χ1) is 11.3. The number of nitrogens with zero attached hydrogens (tertiary/aromatic N) is 3. The van der Waals surface area contributed by atoms with Crippen LogP contribution in [0.4, 0.5) is 10.6 Å². The molecule has 24 heavy (non-hydrogen) atoms. The first-order valence-electron chi connectivity index (χ1n) is 7.93. The van der Waals surface area contributed by atoms with Crippen molar-refractivity contribution in [1.29, 1.82) is 0 Å². The first-order valence-corrected chi connectivity index (χ1v) is 8.72. The van der Waals surface area contributed by atoms with Crippen molar-refractivity contribution in [3.05, 3.63) is 29.0 Å². The highest BCUT2D eigenvalue weighted by Gasteiger charge is 2.41. The molecule has 2 aromatic heterocycles. The van der Waals surface area contributed by atoms with Crippen LogP contribution in [0.5, 0.6) is 0 Å². The van der Waals surface area contributed by atoms with Gasteiger partial charge in [0, 0.05) is 30.2 Å². The molecule has 1 fully saturated rings. The number of pyridine rings is 2. The maximum absolute atomic E-state index is 11.6. The fourth-order valence-electron chi connectivity index (χ4n) is 3.32. The maximum atomic E-state index is 11.6. The lowest BCUT2D eigenvalue weighted by atomic mass is 9.85. The molecule has 6 nitrogen and oxygen atoms in total. The minimum absolute atomic E-state index is 0.0114. The SMILES string of the molecule is CC(C)(C)C1CC(Nc2nc(Br)cc3cccnc23)CN1C(=O)O. The summed E-state index contributed by atoms with van der Waals surface area (Å²) < 4.78 is 0.728. The van der Waals surface area contributed by atoms with Crippen molar-refractivity contribution in [2.45, 2.75) is 39.3 Å². The maximum Gasteiger partial charge on any atom is 0.407 e. The molecule has 0 spiro atoms. The Morgan fingerprint density at radius 3 is 2.83 bits per heavy atom. The van der Waals surface area contributed by atoms with E-state index in [0.29, 0.717) is 12.4 Å². The van der Waals surface area contributed by atoms with Gasteiger partial charge in [0.05, 0.1) is 0 Å². The molecule has 0 aliphatic carbocycles. The summed E-state index contributed by atoms with van der Waals surface area (Å²) in [6, 6.07) is 5.77. The number of hydrogen-bond donors (Lipinski definition) is 2. The third-order valence-corrected chi connectivity index (χ3v) is 4.85. The Morgan fingerprint density at radius 1 is 1.46 bits per heavy atom. The fraction of sp³-hybridized carbons (Fsp3) is 0.471. The lowest BCUT2D eigenvalue weighted by molar-refractivity contribution is 0.106. The van der Waals surface area contributed by atoms with Crippen LogP contribution in [0.2, 0.25) is 0 Å². The number of amides is 1. The number of nitrogens with one attached hydrogen (secondary N) is 1. The minimum atomic E-state index is -0.871. The first kappa shape index (κ1) is 17.0. The van der Waals surface area contributed by atoms with Gasteiger partial charge in [-0.2, -0.15) is 0 Å². The largest absolute Gasteiger partial charge is 0.465 e. The Labute approximate surface area is 149 Å². The summed E-state index contributed by atoms with van der Waals surface area (Å²) in [4.78, 5) is 22.0. The lowest BCUT2D eigenvalue weighted by Gasteiger charge is -2.32. The molecule has 128 valence electrons. The Balaban J connectivity index is 1.89. The van der Waals surface area contributed by atoms with E-state index in [1.54, 1.807) is 6.20 Å². The molecule has 7 heteroatoms. The van der Waals surface area contributed by atoms with Crippen LogP contribution in [-0.4, -0.2) is 44.7 Å². The molecule has 0 radical (unpaired) electrons. The highest BCUT2D eigenvalue weighted by molar-refractivity contribution is 9.10. The molecule has 3 heterocycles. The molecule has 2 unspecified atom stereocenters. The summed E-state index contributed by atoms with van der Waals surface area (Å²) in [6.45, 7) is 6.67. The van der Waals surface area contributed by atoms with Crippen LogP contribution in [0.15, 0.2) is 29.0 Å². The van der Waals surface area contributed by atoms with Crippen molar-refractivity contribution >= 4 is 38.7 Å². The van der Waals surface area contributed by atoms with Crippen molar-refractivity contribution in [1.82, 2.24) is 14.9 Å². The molecule has 2 aromatic rings. The van der Waals surface area contributed by atoms with Crippen molar-refractivity contribution < 1.29 is 9.90 Å². The Bertz CT molecular complexity index is 775. The van der Waals surface area contributed by atoms with E-state index in [1.165, 1.54) is 4.90 Å². The van der Waals surface area contributed by atoms with Gasteiger partial charge in [-0.3, -0.25) is 4.98 Å². The van der Waals surface area contributed by atoms with Gasteiger partial charge in [-0.1, -0.05) is 26.8 Å². The summed E-state index contributed by atoms with van der Waals surface area (Å²) in [5.41, 5.74) is 0.682. The number of halogens is 1. The predicted octanol–water partition coefficient (Wildman–Crippen LogP) is 3.97. The van der Waals surface area contributed by atoms with Crippen molar-refractivity contribution in [2.24, 2.45) is 5.41 Å². The van der Waals surface area contributed by atoms with E-state index >= 15 is 0 Å². The average Bonchev–Trinajstić information content (AvgIpc) is 2.91. The number of aromatic nitrogens is 2. The molecule has 1 amide bonds. The van der Waals surface area contributed by atoms with Crippen LogP contribution >= 0.6 is 15.9 Å². The van der Waals surface area contributed by atoms with E-state index in [0.717, 1.165) is 21.9 Å². The van der Waals surface area contributed by atoms with E-state index in [4.69, 9.17) is 0 Å². The Hall–Kier alpha value is -1.89. The second kappa shape index (κ2) is 6.20. The monoisotopic (exact) mass is 392 g/mol. The topological polar surface area (TPSA) is 78.4 Å². The number of carbonyl (C=O) groups is 1. The number of hydrogen-bond acceptors (Lipinski definition) is 4. The van der Waals surface area contributed by atoms with Crippen molar-refractivity contribution in [2.75, 3.05) is 11.9 Å². The number of rotatable bonds is 2. The van der Waals surface area contributed by atoms with Crippen LogP contribution in [0.25, 0.3) is 10.9 Å². The number of anilines is 1. The molecular formula is C17H21BrN4O2. The smallest absolute Gasteiger partial charge is 0.407 e. The third-order valence-electron chi connectivity index (χ3n) is 4.44. The molecule has 2 atom stereocenters. The predicted molar refractivity (Wildman–Crippen MR) is 97.2 cm³/mol. The lowest BCUT2D eigenvalue weighted by Crippen LogP contribution is -2.42. The van der Waals surface area contributed by atoms with Gasteiger partial charge in [-0.15, -0.1) is 0 Å². The van der Waals surface area contributed by atoms with Crippen LogP contribution in [0.1, 0.15) is 27.2 Å². The molecule has 0 saturated carbocycles. The van der Waals surface area contributed by atoms with Gasteiger partial charge in [0.2, 0.25) is 0 Å². The van der Waals surface area contributed by atoms with Gasteiger partial charge >= 0.3 is 6.09 Å². The fourth-order valence-corrected chi connectivity index (χ4v) is 3.74. The van der Waals surface area contributed by atoms with Gasteiger partial charge in [0.1, 0.15) is 10.1 Å². The summed E-state index contributed by atoms with van der Waals surface area (Å²) >= 11 is 3.43. The molecular weight excluding hydrogens is 372 g/mol. The van der Waals surface area contributed by atoms with Gasteiger partial charge < -0.3 is 15.3 Å². The normalized spacial score (nSPS) is 21.2. The number of fused-ring (bicyclic) bond motifs is 1. The molecule has 3 rings (SSSR count). The third kappa shape index (κ3) is 3.31. The van der Waals surface area contributed by atoms with E-state index in [1.807, 2.05) is 18.2 Å². The zero-order valence-electron chi connectivity index (χ0n) is 14.0. The molecule has 1 aliphatic rings. The van der Waals surface area contributed by atoms with Crippen LogP contribution in [0.3, 0.4) is 0 Å². The summed E-state index contributed by atoms with van der Waals surface area (Å²) in [6.07, 6.45) is 1.61. The molecule has 0 aromatic carbocycles. The van der Waals surface area contributed by atoms with Gasteiger partial charge in [0.15, 0.2) is 5.82 Å². The van der Waals surface area contributed by atoms with Gasteiger partial charge in [-0.05, 0) is 39.9 Å². The highest BCUT2D eigenvalue weighted by atomic mass is 79.9. The van der Waals surface area contributed by atoms with Crippen molar-refractivity contribution in [3.8, 4) is 0 Å². The average molecular weight is 393 g/mol. The summed E-state index contributed by atoms with van der Waals surface area (Å²) in [5.74, 6) is 0.685. The molecule has 2 N–H and O–H groups in total. The zero-order valence-corrected chi connectivity index (χ0v) is 15.5. The molecule has 0 bridgehead atoms. The summed E-state index contributed by atoms with van der Waals surface area (Å²) in [5, 5.41) is 13.9. The zero-order chi connectivity index (χ0) is 17.5. The van der Waals surface area contributed by atoms with E-state index < -0.39 is 6.09 Å². The van der Waals surface area contributed by atoms with E-state index in [-0.39, 0.29) is 17.5 Å². The second-order valence-electron chi connectivity index (χ2n) is 7.26. The highest BCUT2D eigenvalue weighted by Crippen LogP contribution is 2.34. The molecule has 1 aliphatic heterocycles. The van der Waals surface area contributed by atoms with E-state index in [2.05, 4.69) is 52.0 Å². The number of likely N-dealkylation sites (tertiary alicyclic amines) is 1. The van der Waals surface area contributed by atoms with Crippen molar-refractivity contribution in [3.63, 3.8) is 0 Å². The van der Waals surface area contributed by atoms with Crippen LogP contribution in [-0.2, 0) is 0 Å². The van der Waals surface area contributed by atoms with E-state index in [9.17, 15) is 9.90 Å². The van der Waals surface area contributed by atoms with Gasteiger partial charge in [-0.25, -0.2) is 9.78 Å². The van der Waals surface area contributed by atoms with Gasteiger partial charge in [0.25, 0.3) is 0 Å². The standard InChI is InChI=1S/C17H21BrN4O2/c1-17(2,3)12-8-11(9-22(12)16(23)24)20-15-14-10(5-4-6-19-14)7-13(18)21-15/h4-7,11-12H,8-9H2,1-3H3,(H,20,21)(H,23,24). The second-order valence-corrected chi connectivity index (χ2v) is 8.07. The van der Waals surface area contributed by atoms with Crippen LogP contribution in [0, 0.1) is 5.41 Å². The Morgan fingerprint density at radius 2 is 2.21 bits per heavy atom. The quantitative estimate of drug-likeness (QED) is 0.755.